The molecule has 0 saturated heterocycles. The predicted octanol–water partition coefficient (Wildman–Crippen LogP) is 2.04. The van der Waals surface area contributed by atoms with E-state index in [0.717, 1.165) is 17.7 Å². The number of hydrogen-bond donors (Lipinski definition) is 1. The first-order valence-electron chi connectivity index (χ1n) is 6.37. The molecule has 0 aromatic heterocycles. The van der Waals surface area contributed by atoms with Gasteiger partial charge in [-0.1, -0.05) is 25.1 Å². The number of rotatable bonds is 7. The molecule has 2 N–H and O–H groups in total. The minimum Gasteiger partial charge on any atom is -0.398 e. The van der Waals surface area contributed by atoms with Gasteiger partial charge in [-0.05, 0) is 25.0 Å². The highest BCUT2D eigenvalue weighted by molar-refractivity contribution is 5.77. The van der Waals surface area contributed by atoms with Crippen molar-refractivity contribution in [2.24, 2.45) is 0 Å². The van der Waals surface area contributed by atoms with E-state index in [2.05, 4.69) is 0 Å². The van der Waals surface area contributed by atoms with Crippen molar-refractivity contribution in [2.75, 3.05) is 25.5 Å². The molecular formula is C14H22N2O2. The Hall–Kier alpha value is -1.55. The number of ether oxygens (including phenoxy) is 1. The van der Waals surface area contributed by atoms with Gasteiger partial charge in [-0.25, -0.2) is 0 Å². The van der Waals surface area contributed by atoms with Crippen LogP contribution in [0.2, 0.25) is 0 Å². The van der Waals surface area contributed by atoms with Gasteiger partial charge >= 0.3 is 0 Å². The molecule has 1 aromatic carbocycles. The van der Waals surface area contributed by atoms with Gasteiger partial charge in [0, 0.05) is 25.4 Å². The van der Waals surface area contributed by atoms with Crippen LogP contribution in [0.25, 0.3) is 0 Å². The van der Waals surface area contributed by atoms with Crippen molar-refractivity contribution in [1.82, 2.24) is 4.90 Å². The lowest BCUT2D eigenvalue weighted by atomic mass is 10.1. The lowest BCUT2D eigenvalue weighted by Crippen LogP contribution is -2.33. The van der Waals surface area contributed by atoms with Crippen LogP contribution in [0.4, 0.5) is 5.69 Å². The fourth-order valence-corrected chi connectivity index (χ4v) is 1.66. The zero-order valence-corrected chi connectivity index (χ0v) is 11.2. The number of carbonyl (C=O) groups is 1. The van der Waals surface area contributed by atoms with E-state index in [1.165, 1.54) is 0 Å². The molecule has 0 fully saturated rings. The number of para-hydroxylation sites is 1. The number of hydrogen-bond acceptors (Lipinski definition) is 3. The average Bonchev–Trinajstić information content (AvgIpc) is 2.38. The van der Waals surface area contributed by atoms with Crippen LogP contribution < -0.4 is 5.73 Å². The molecule has 1 amide bonds. The zero-order chi connectivity index (χ0) is 13.4. The van der Waals surface area contributed by atoms with Crippen molar-refractivity contribution in [2.45, 2.75) is 26.8 Å². The number of nitrogens with zero attached hydrogens (tertiary/aromatic N) is 1. The van der Waals surface area contributed by atoms with Crippen molar-refractivity contribution < 1.29 is 9.53 Å². The van der Waals surface area contributed by atoms with Gasteiger partial charge in [0.25, 0.3) is 0 Å². The number of nitrogens with two attached hydrogens (primary N) is 1. The summed E-state index contributed by atoms with van der Waals surface area (Å²) < 4.78 is 5.27. The maximum Gasteiger partial charge on any atom is 0.248 e. The van der Waals surface area contributed by atoms with E-state index in [4.69, 9.17) is 10.5 Å². The third-order valence-electron chi connectivity index (χ3n) is 2.72. The summed E-state index contributed by atoms with van der Waals surface area (Å²) in [6.45, 7) is 5.94. The van der Waals surface area contributed by atoms with E-state index in [1.54, 1.807) is 4.90 Å². The van der Waals surface area contributed by atoms with Gasteiger partial charge < -0.3 is 15.4 Å². The van der Waals surface area contributed by atoms with Crippen molar-refractivity contribution in [3.8, 4) is 0 Å². The van der Waals surface area contributed by atoms with Gasteiger partial charge in [-0.3, -0.25) is 4.79 Å². The topological polar surface area (TPSA) is 55.6 Å². The molecule has 0 heterocycles. The van der Waals surface area contributed by atoms with E-state index in [-0.39, 0.29) is 12.5 Å². The Bertz CT molecular complexity index is 380. The highest BCUT2D eigenvalue weighted by atomic mass is 16.5. The van der Waals surface area contributed by atoms with E-state index in [0.29, 0.717) is 19.7 Å². The highest BCUT2D eigenvalue weighted by Gasteiger charge is 2.13. The maximum atomic E-state index is 11.9. The summed E-state index contributed by atoms with van der Waals surface area (Å²) in [5.74, 6) is 0.00852. The Kier molecular flexibility index (Phi) is 6.22. The Morgan fingerprint density at radius 1 is 1.33 bits per heavy atom. The summed E-state index contributed by atoms with van der Waals surface area (Å²) in [4.78, 5) is 13.7. The fraction of sp³-hybridized carbons (Fsp3) is 0.500. The molecule has 0 atom stereocenters. The molecule has 4 heteroatoms. The van der Waals surface area contributed by atoms with Crippen LogP contribution in [-0.4, -0.2) is 30.6 Å². The first-order valence-corrected chi connectivity index (χ1v) is 6.37. The van der Waals surface area contributed by atoms with Crippen molar-refractivity contribution in [3.05, 3.63) is 29.8 Å². The van der Waals surface area contributed by atoms with E-state index in [1.807, 2.05) is 38.1 Å². The SMILES string of the molecule is CCCOCC(=O)N(CC)Cc1ccccc1N. The van der Waals surface area contributed by atoms with Gasteiger partial charge in [-0.2, -0.15) is 0 Å². The number of nitrogen functional groups attached to an aromatic ring is 1. The minimum atomic E-state index is 0.00852. The molecule has 0 saturated carbocycles. The Labute approximate surface area is 109 Å². The van der Waals surface area contributed by atoms with Crippen LogP contribution in [0.15, 0.2) is 24.3 Å². The Morgan fingerprint density at radius 3 is 2.67 bits per heavy atom. The molecule has 0 bridgehead atoms. The Morgan fingerprint density at radius 2 is 2.06 bits per heavy atom. The predicted molar refractivity (Wildman–Crippen MR) is 73.1 cm³/mol. The summed E-state index contributed by atoms with van der Waals surface area (Å²) in [6, 6.07) is 7.61. The number of likely N-dealkylation sites (N-methyl/N-ethyl adjacent to an activating group) is 1. The molecule has 0 aliphatic carbocycles. The normalized spacial score (nSPS) is 10.3. The van der Waals surface area contributed by atoms with E-state index < -0.39 is 0 Å². The molecular weight excluding hydrogens is 228 g/mol. The molecule has 0 aliphatic rings. The van der Waals surface area contributed by atoms with Crippen molar-refractivity contribution in [3.63, 3.8) is 0 Å². The monoisotopic (exact) mass is 250 g/mol. The standard InChI is InChI=1S/C14H22N2O2/c1-3-9-18-11-14(17)16(4-2)10-12-7-5-6-8-13(12)15/h5-8H,3-4,9-11,15H2,1-2H3. The van der Waals surface area contributed by atoms with Crippen LogP contribution in [0.5, 0.6) is 0 Å². The number of benzene rings is 1. The van der Waals surface area contributed by atoms with Crippen molar-refractivity contribution >= 4 is 11.6 Å². The summed E-state index contributed by atoms with van der Waals surface area (Å²) in [6.07, 6.45) is 0.922. The molecule has 0 aliphatic heterocycles. The average molecular weight is 250 g/mol. The van der Waals surface area contributed by atoms with Gasteiger partial charge in [0.15, 0.2) is 0 Å². The fourth-order valence-electron chi connectivity index (χ4n) is 1.66. The molecule has 0 radical (unpaired) electrons. The van der Waals surface area contributed by atoms with Crippen LogP contribution in [0.3, 0.4) is 0 Å². The maximum absolute atomic E-state index is 11.9. The molecule has 0 unspecified atom stereocenters. The number of amides is 1. The number of carbonyl (C=O) groups excluding carboxylic acids is 1. The molecule has 0 spiro atoms. The molecule has 100 valence electrons. The lowest BCUT2D eigenvalue weighted by molar-refractivity contribution is -0.136. The molecule has 1 aromatic rings. The zero-order valence-electron chi connectivity index (χ0n) is 11.2. The third kappa shape index (κ3) is 4.37. The summed E-state index contributed by atoms with van der Waals surface area (Å²) in [7, 11) is 0. The molecule has 1 rings (SSSR count). The molecule has 18 heavy (non-hydrogen) atoms. The van der Waals surface area contributed by atoms with Gasteiger partial charge in [0.2, 0.25) is 5.91 Å². The third-order valence-corrected chi connectivity index (χ3v) is 2.72. The second-order valence-electron chi connectivity index (χ2n) is 4.16. The lowest BCUT2D eigenvalue weighted by Gasteiger charge is -2.21. The van der Waals surface area contributed by atoms with Gasteiger partial charge in [-0.15, -0.1) is 0 Å². The summed E-state index contributed by atoms with van der Waals surface area (Å²) in [5, 5.41) is 0. The first-order chi connectivity index (χ1) is 8.69. The Balaban J connectivity index is 2.56. The molecule has 4 nitrogen and oxygen atoms in total. The van der Waals surface area contributed by atoms with E-state index >= 15 is 0 Å². The second kappa shape index (κ2) is 7.71. The minimum absolute atomic E-state index is 0.00852. The van der Waals surface area contributed by atoms with Gasteiger partial charge in [0.1, 0.15) is 6.61 Å². The number of anilines is 1. The quantitative estimate of drug-likeness (QED) is 0.595. The summed E-state index contributed by atoms with van der Waals surface area (Å²) >= 11 is 0. The van der Waals surface area contributed by atoms with E-state index in [9.17, 15) is 4.79 Å². The first kappa shape index (κ1) is 14.5. The second-order valence-corrected chi connectivity index (χ2v) is 4.16. The van der Waals surface area contributed by atoms with Gasteiger partial charge in [0.05, 0.1) is 0 Å². The van der Waals surface area contributed by atoms with Crippen LogP contribution >= 0.6 is 0 Å². The largest absolute Gasteiger partial charge is 0.398 e. The van der Waals surface area contributed by atoms with Crippen molar-refractivity contribution in [1.29, 1.82) is 0 Å². The van der Waals surface area contributed by atoms with Crippen LogP contribution in [0, 0.1) is 0 Å². The smallest absolute Gasteiger partial charge is 0.248 e. The summed E-state index contributed by atoms with van der Waals surface area (Å²) in [5.41, 5.74) is 7.57. The van der Waals surface area contributed by atoms with Crippen LogP contribution in [-0.2, 0) is 16.1 Å². The van der Waals surface area contributed by atoms with Crippen LogP contribution in [0.1, 0.15) is 25.8 Å². The highest BCUT2D eigenvalue weighted by Crippen LogP contribution is 2.13.